The van der Waals surface area contributed by atoms with Crippen molar-refractivity contribution in [3.8, 4) is 11.5 Å². The van der Waals surface area contributed by atoms with Gasteiger partial charge in [0.15, 0.2) is 11.5 Å². The van der Waals surface area contributed by atoms with Crippen LogP contribution in [-0.4, -0.2) is 33.5 Å². The van der Waals surface area contributed by atoms with Crippen LogP contribution in [-0.2, 0) is 17.9 Å². The SMILES string of the molecule is Cc1c2cnn(CC(=O)Nc3ccc4c(c3)OCCO4)c(=O)c2c(C)n1Cc1ccc(F)cc1. The molecule has 0 fully saturated rings. The van der Waals surface area contributed by atoms with E-state index < -0.39 is 0 Å². The Labute approximate surface area is 194 Å². The van der Waals surface area contributed by atoms with Crippen LogP contribution in [0.3, 0.4) is 0 Å². The van der Waals surface area contributed by atoms with Crippen molar-refractivity contribution in [1.82, 2.24) is 14.3 Å². The maximum absolute atomic E-state index is 13.3. The predicted octanol–water partition coefficient (Wildman–Crippen LogP) is 3.41. The first-order valence-electron chi connectivity index (χ1n) is 10.9. The number of ether oxygens (including phenoxy) is 2. The normalized spacial score (nSPS) is 12.7. The summed E-state index contributed by atoms with van der Waals surface area (Å²) in [5.41, 5.74) is 2.77. The summed E-state index contributed by atoms with van der Waals surface area (Å²) in [5, 5.41) is 8.25. The van der Waals surface area contributed by atoms with Gasteiger partial charge in [0.25, 0.3) is 5.56 Å². The van der Waals surface area contributed by atoms with E-state index in [-0.39, 0.29) is 23.8 Å². The van der Waals surface area contributed by atoms with Crippen molar-refractivity contribution in [2.45, 2.75) is 26.9 Å². The minimum Gasteiger partial charge on any atom is -0.486 e. The van der Waals surface area contributed by atoms with Gasteiger partial charge in [0.05, 0.1) is 11.6 Å². The fourth-order valence-corrected chi connectivity index (χ4v) is 4.22. The third-order valence-corrected chi connectivity index (χ3v) is 5.98. The Hall–Kier alpha value is -4.14. The van der Waals surface area contributed by atoms with E-state index in [1.54, 1.807) is 36.5 Å². The number of carbonyl (C=O) groups is 1. The van der Waals surface area contributed by atoms with Crippen molar-refractivity contribution in [3.63, 3.8) is 0 Å². The van der Waals surface area contributed by atoms with Crippen LogP contribution in [0, 0.1) is 19.7 Å². The predicted molar refractivity (Wildman–Crippen MR) is 125 cm³/mol. The third-order valence-electron chi connectivity index (χ3n) is 5.98. The zero-order valence-electron chi connectivity index (χ0n) is 18.8. The van der Waals surface area contributed by atoms with Crippen LogP contribution in [0.15, 0.2) is 53.5 Å². The summed E-state index contributed by atoms with van der Waals surface area (Å²) in [5.74, 6) is 0.514. The number of anilines is 1. The first-order valence-corrected chi connectivity index (χ1v) is 10.9. The molecule has 0 unspecified atom stereocenters. The molecule has 0 atom stereocenters. The number of nitrogens with one attached hydrogen (secondary N) is 1. The highest BCUT2D eigenvalue weighted by Gasteiger charge is 2.18. The molecule has 0 saturated heterocycles. The molecule has 2 aromatic heterocycles. The second-order valence-electron chi connectivity index (χ2n) is 8.19. The topological polar surface area (TPSA) is 87.4 Å². The smallest absolute Gasteiger partial charge is 0.276 e. The number of aromatic nitrogens is 3. The number of hydrogen-bond acceptors (Lipinski definition) is 5. The molecule has 1 amide bonds. The van der Waals surface area contributed by atoms with Crippen molar-refractivity contribution in [3.05, 3.63) is 81.8 Å². The number of hydrogen-bond donors (Lipinski definition) is 1. The monoisotopic (exact) mass is 462 g/mol. The molecule has 0 bridgehead atoms. The van der Waals surface area contributed by atoms with Gasteiger partial charge in [-0.2, -0.15) is 5.10 Å². The van der Waals surface area contributed by atoms with Crippen LogP contribution in [0.1, 0.15) is 17.0 Å². The molecular weight excluding hydrogens is 439 g/mol. The first kappa shape index (κ1) is 21.7. The number of fused-ring (bicyclic) bond motifs is 2. The Morgan fingerprint density at radius 1 is 1.06 bits per heavy atom. The highest BCUT2D eigenvalue weighted by atomic mass is 19.1. The molecule has 5 rings (SSSR count). The number of halogens is 1. The van der Waals surface area contributed by atoms with E-state index in [9.17, 15) is 14.0 Å². The molecule has 4 aromatic rings. The lowest BCUT2D eigenvalue weighted by molar-refractivity contribution is -0.117. The average molecular weight is 462 g/mol. The Balaban J connectivity index is 1.39. The molecule has 0 aliphatic carbocycles. The van der Waals surface area contributed by atoms with Crippen molar-refractivity contribution in [2.24, 2.45) is 0 Å². The van der Waals surface area contributed by atoms with Gasteiger partial charge < -0.3 is 19.4 Å². The van der Waals surface area contributed by atoms with Crippen LogP contribution in [0.5, 0.6) is 11.5 Å². The number of amides is 1. The van der Waals surface area contributed by atoms with Crippen LogP contribution < -0.4 is 20.3 Å². The zero-order valence-corrected chi connectivity index (χ0v) is 18.8. The van der Waals surface area contributed by atoms with Gasteiger partial charge in [-0.3, -0.25) is 9.59 Å². The average Bonchev–Trinajstić information content (AvgIpc) is 3.07. The van der Waals surface area contributed by atoms with Gasteiger partial charge in [0, 0.05) is 35.1 Å². The number of rotatable bonds is 5. The molecule has 0 saturated carbocycles. The molecular formula is C25H23FN4O4. The highest BCUT2D eigenvalue weighted by molar-refractivity contribution is 5.91. The van der Waals surface area contributed by atoms with Crippen molar-refractivity contribution in [1.29, 1.82) is 0 Å². The van der Waals surface area contributed by atoms with E-state index in [1.165, 1.54) is 12.1 Å². The Bertz CT molecular complexity index is 1460. The van der Waals surface area contributed by atoms with Crippen molar-refractivity contribution >= 4 is 22.4 Å². The maximum Gasteiger partial charge on any atom is 0.276 e. The Morgan fingerprint density at radius 3 is 2.56 bits per heavy atom. The largest absolute Gasteiger partial charge is 0.486 e. The van der Waals surface area contributed by atoms with E-state index in [4.69, 9.17) is 9.47 Å². The van der Waals surface area contributed by atoms with Gasteiger partial charge in [-0.05, 0) is 43.7 Å². The molecule has 1 aliphatic rings. The summed E-state index contributed by atoms with van der Waals surface area (Å²) in [6.45, 7) is 4.98. The summed E-state index contributed by atoms with van der Waals surface area (Å²) in [6, 6.07) is 11.4. The lowest BCUT2D eigenvalue weighted by Gasteiger charge is -2.19. The Morgan fingerprint density at radius 2 is 1.79 bits per heavy atom. The molecule has 3 heterocycles. The maximum atomic E-state index is 13.3. The van der Waals surface area contributed by atoms with Gasteiger partial charge >= 0.3 is 0 Å². The molecule has 34 heavy (non-hydrogen) atoms. The highest BCUT2D eigenvalue weighted by Crippen LogP contribution is 2.32. The van der Waals surface area contributed by atoms with E-state index in [0.29, 0.717) is 42.3 Å². The minimum absolute atomic E-state index is 0.231. The molecule has 174 valence electrons. The van der Waals surface area contributed by atoms with Crippen LogP contribution in [0.2, 0.25) is 0 Å². The number of carbonyl (C=O) groups excluding carboxylic acids is 1. The second-order valence-corrected chi connectivity index (χ2v) is 8.19. The molecule has 1 aliphatic heterocycles. The fraction of sp³-hybridized carbons (Fsp3) is 0.240. The lowest BCUT2D eigenvalue weighted by atomic mass is 10.2. The molecule has 9 heteroatoms. The first-order chi connectivity index (χ1) is 16.4. The van der Waals surface area contributed by atoms with Gasteiger partial charge in [-0.1, -0.05) is 12.1 Å². The minimum atomic E-state index is -0.384. The zero-order chi connectivity index (χ0) is 23.8. The summed E-state index contributed by atoms with van der Waals surface area (Å²) in [4.78, 5) is 25.9. The van der Waals surface area contributed by atoms with Gasteiger partial charge in [-0.15, -0.1) is 0 Å². The van der Waals surface area contributed by atoms with E-state index in [2.05, 4.69) is 10.4 Å². The molecule has 8 nitrogen and oxygen atoms in total. The standard InChI is InChI=1S/C25H23FN4O4/c1-15-20-12-27-30(14-23(31)28-19-7-8-21-22(11-19)34-10-9-33-21)25(32)24(20)16(2)29(15)13-17-3-5-18(26)6-4-17/h3-8,11-12H,9-10,13-14H2,1-2H3,(H,28,31). The van der Waals surface area contributed by atoms with E-state index >= 15 is 0 Å². The van der Waals surface area contributed by atoms with Gasteiger partial charge in [0.2, 0.25) is 5.91 Å². The van der Waals surface area contributed by atoms with Crippen LogP contribution in [0.25, 0.3) is 10.8 Å². The summed E-state index contributed by atoms with van der Waals surface area (Å²) < 4.78 is 27.5. The number of benzene rings is 2. The number of nitrogens with zero attached hydrogens (tertiary/aromatic N) is 3. The van der Waals surface area contributed by atoms with Crippen LogP contribution >= 0.6 is 0 Å². The van der Waals surface area contributed by atoms with E-state index in [0.717, 1.165) is 27.0 Å². The Kier molecular flexibility index (Phi) is 5.53. The fourth-order valence-electron chi connectivity index (χ4n) is 4.22. The molecule has 1 N–H and O–H groups in total. The molecule has 0 spiro atoms. The molecule has 2 aromatic carbocycles. The molecule has 0 radical (unpaired) electrons. The third kappa shape index (κ3) is 4.00. The van der Waals surface area contributed by atoms with Gasteiger partial charge in [-0.25, -0.2) is 9.07 Å². The van der Waals surface area contributed by atoms with Crippen LogP contribution in [0.4, 0.5) is 10.1 Å². The van der Waals surface area contributed by atoms with Crippen molar-refractivity contribution in [2.75, 3.05) is 18.5 Å². The lowest BCUT2D eigenvalue weighted by Crippen LogP contribution is -2.29. The van der Waals surface area contributed by atoms with Crippen molar-refractivity contribution < 1.29 is 18.7 Å². The summed E-state index contributed by atoms with van der Waals surface area (Å²) in [7, 11) is 0. The number of aryl methyl sites for hydroxylation is 2. The summed E-state index contributed by atoms with van der Waals surface area (Å²) >= 11 is 0. The van der Waals surface area contributed by atoms with E-state index in [1.807, 2.05) is 18.4 Å². The second kappa shape index (κ2) is 8.66. The van der Waals surface area contributed by atoms with Gasteiger partial charge in [0.1, 0.15) is 25.6 Å². The quantitative estimate of drug-likeness (QED) is 0.491. The summed E-state index contributed by atoms with van der Waals surface area (Å²) in [6.07, 6.45) is 1.61.